The molecule has 0 aliphatic rings. The molecule has 0 unspecified atom stereocenters. The van der Waals surface area contributed by atoms with E-state index >= 15 is 0 Å². The van der Waals surface area contributed by atoms with E-state index in [1.54, 1.807) is 13.8 Å². The van der Waals surface area contributed by atoms with E-state index in [1.807, 2.05) is 55.4 Å². The minimum Gasteiger partial charge on any atom is -0.391 e. The number of aliphatic imine (C=N–C) groups is 1. The smallest absolute Gasteiger partial charge is 0.245 e. The van der Waals surface area contributed by atoms with Crippen LogP contribution in [0.1, 0.15) is 231 Å². The summed E-state index contributed by atoms with van der Waals surface area (Å²) < 4.78 is 0. The van der Waals surface area contributed by atoms with Crippen molar-refractivity contribution in [1.29, 1.82) is 0 Å². The summed E-state index contributed by atoms with van der Waals surface area (Å²) in [5.41, 5.74) is 28.5. The lowest BCUT2D eigenvalue weighted by molar-refractivity contribution is -0.137. The van der Waals surface area contributed by atoms with E-state index in [0.717, 1.165) is 19.3 Å². The van der Waals surface area contributed by atoms with Gasteiger partial charge in [-0.25, -0.2) is 0 Å². The molecule has 0 aromatic heterocycles. The van der Waals surface area contributed by atoms with Crippen LogP contribution in [0.3, 0.4) is 0 Å². The SMILES string of the molecule is CCCCCCCCCCCC(=O)NCC(=O)N[C@@H](CC(C)C)C(=O)N[C@@H](CC(C)C)C(=O)N[C@@H](CCCCN)C(=O)N[C@@H](CCCN=C(N)N)C(=O)N[C@H](C(=O)N[C@@H](CCCCN)C(=O)N[C@H](C(=O)N[C@@H](CC(C)C)C(=O)N[C@@H](CC(C)C)C(N)=O)[C@@H](C)O)[C@@H](C)CC. The zero-order chi connectivity index (χ0) is 71.5. The fourth-order valence-corrected chi connectivity index (χ4v) is 10.5. The fourth-order valence-electron chi connectivity index (χ4n) is 10.5. The van der Waals surface area contributed by atoms with Gasteiger partial charge in [0.2, 0.25) is 65.0 Å². The standard InChI is InChI=1S/C66H126N16O12/c1-13-15-16-17-18-19-20-21-22-31-53(84)73-39-54(85)74-50(36-41(5)6)61(90)79-51(37-42(7)8)62(91)76-46(28-23-25-32-67)58(87)75-48(30-27-34-72-66(70)71)59(88)81-55(44(11)14-2)64(93)77-47(29-24-26-33-68)60(89)82-56(45(12)83)65(94)80-52(38-43(9)10)63(92)78-49(57(69)86)35-40(3)4/h40-52,55-56,83H,13-39,67-68H2,1-12H3,(H2,69,86)(H,73,84)(H,74,85)(H,75,87)(H,76,91)(H,77,93)(H,78,92)(H,79,90)(H,80,94)(H,81,88)(H,82,89)(H4,70,71,72)/t44-,45+,46-,47-,48-,49-,50-,51-,52-,55-,56-/m0/s1. The Bertz CT molecular complexity index is 2320. The molecule has 0 spiro atoms. The number of aliphatic hydroxyl groups excluding tert-OH is 1. The third-order valence-electron chi connectivity index (χ3n) is 16.0. The van der Waals surface area contributed by atoms with Crippen molar-refractivity contribution in [3.05, 3.63) is 0 Å². The van der Waals surface area contributed by atoms with Crippen LogP contribution in [0.5, 0.6) is 0 Å². The number of aliphatic hydroxyl groups is 1. The summed E-state index contributed by atoms with van der Waals surface area (Å²) >= 11 is 0. The van der Waals surface area contributed by atoms with E-state index in [-0.39, 0.29) is 120 Å². The molecule has 11 amide bonds. The normalized spacial score (nSPS) is 14.9. The van der Waals surface area contributed by atoms with Crippen LogP contribution >= 0.6 is 0 Å². The summed E-state index contributed by atoms with van der Waals surface area (Å²) in [4.78, 5) is 156. The summed E-state index contributed by atoms with van der Waals surface area (Å²) in [5.74, 6) is -9.03. The molecule has 0 aliphatic carbocycles. The number of nitrogens with one attached hydrogen (secondary N) is 10. The quantitative estimate of drug-likeness (QED) is 0.0235. The first-order valence-electron chi connectivity index (χ1n) is 34.7. The molecular weight excluding hydrogens is 1210 g/mol. The second-order valence-electron chi connectivity index (χ2n) is 26.9. The Morgan fingerprint density at radius 3 is 1.15 bits per heavy atom. The van der Waals surface area contributed by atoms with Gasteiger partial charge in [-0.05, 0) is 133 Å². The van der Waals surface area contributed by atoms with Gasteiger partial charge in [-0.3, -0.25) is 57.7 Å². The molecule has 28 nitrogen and oxygen atoms in total. The van der Waals surface area contributed by atoms with Crippen LogP contribution in [0.2, 0.25) is 0 Å². The molecule has 94 heavy (non-hydrogen) atoms. The van der Waals surface area contributed by atoms with Crippen molar-refractivity contribution < 1.29 is 57.8 Å². The van der Waals surface area contributed by atoms with Crippen molar-refractivity contribution in [2.24, 2.45) is 63.3 Å². The van der Waals surface area contributed by atoms with Crippen LogP contribution in [0.15, 0.2) is 4.99 Å². The highest BCUT2D eigenvalue weighted by molar-refractivity contribution is 5.99. The van der Waals surface area contributed by atoms with Crippen LogP contribution < -0.4 is 81.8 Å². The molecule has 0 radical (unpaired) electrons. The molecule has 0 saturated carbocycles. The van der Waals surface area contributed by atoms with Gasteiger partial charge in [0.1, 0.15) is 54.4 Å². The Morgan fingerprint density at radius 2 is 0.734 bits per heavy atom. The Morgan fingerprint density at radius 1 is 0.383 bits per heavy atom. The molecule has 28 heteroatoms. The molecule has 0 bridgehead atoms. The monoisotopic (exact) mass is 1330 g/mol. The first-order valence-corrected chi connectivity index (χ1v) is 34.7. The molecular formula is C66H126N16O12. The van der Waals surface area contributed by atoms with Gasteiger partial charge in [-0.15, -0.1) is 0 Å². The zero-order valence-electron chi connectivity index (χ0n) is 59.0. The van der Waals surface area contributed by atoms with Crippen LogP contribution in [-0.4, -0.2) is 163 Å². The molecule has 0 saturated heterocycles. The largest absolute Gasteiger partial charge is 0.391 e. The Kier molecular flexibility index (Phi) is 46.3. The Hall–Kier alpha value is -6.68. The highest BCUT2D eigenvalue weighted by Gasteiger charge is 2.38. The second kappa shape index (κ2) is 49.8. The molecule has 0 rings (SSSR count). The summed E-state index contributed by atoms with van der Waals surface area (Å²) in [6, 6.07) is -11.5. The van der Waals surface area contributed by atoms with Gasteiger partial charge in [0.15, 0.2) is 5.96 Å². The first-order chi connectivity index (χ1) is 44.3. The molecule has 542 valence electrons. The van der Waals surface area contributed by atoms with Gasteiger partial charge in [0.25, 0.3) is 0 Å². The van der Waals surface area contributed by atoms with Gasteiger partial charge in [0, 0.05) is 13.0 Å². The lowest BCUT2D eigenvalue weighted by atomic mass is 9.96. The van der Waals surface area contributed by atoms with Gasteiger partial charge in [-0.2, -0.15) is 0 Å². The Labute approximate surface area is 560 Å². The predicted molar refractivity (Wildman–Crippen MR) is 366 cm³/mol. The lowest BCUT2D eigenvalue weighted by Crippen LogP contribution is -2.62. The number of unbranched alkanes of at least 4 members (excludes halogenated alkanes) is 10. The van der Waals surface area contributed by atoms with Crippen LogP contribution in [0, 0.1) is 29.6 Å². The Balaban J connectivity index is 6.85. The number of primary amides is 1. The third kappa shape index (κ3) is 39.2. The molecule has 11 atom stereocenters. The number of guanidine groups is 1. The minimum absolute atomic E-state index is 0.00475. The average Bonchev–Trinajstić information content (AvgIpc) is 0.938. The van der Waals surface area contributed by atoms with E-state index in [0.29, 0.717) is 38.5 Å². The average molecular weight is 1340 g/mol. The fraction of sp³-hybridized carbons (Fsp3) is 0.818. The van der Waals surface area contributed by atoms with Crippen molar-refractivity contribution in [1.82, 2.24) is 53.2 Å². The van der Waals surface area contributed by atoms with Crippen molar-refractivity contribution in [2.45, 2.75) is 291 Å². The van der Waals surface area contributed by atoms with Crippen LogP contribution in [0.25, 0.3) is 0 Å². The van der Waals surface area contributed by atoms with E-state index in [4.69, 9.17) is 28.7 Å². The number of amides is 11. The van der Waals surface area contributed by atoms with Gasteiger partial charge >= 0.3 is 0 Å². The number of hydrogen-bond acceptors (Lipinski definition) is 15. The number of rotatable bonds is 53. The lowest BCUT2D eigenvalue weighted by Gasteiger charge is -2.30. The van der Waals surface area contributed by atoms with Crippen LogP contribution in [-0.2, 0) is 52.7 Å². The highest BCUT2D eigenvalue weighted by Crippen LogP contribution is 2.16. The number of nitrogens with zero attached hydrogens (tertiary/aromatic N) is 1. The maximum atomic E-state index is 14.7. The highest BCUT2D eigenvalue weighted by atomic mass is 16.3. The summed E-state index contributed by atoms with van der Waals surface area (Å²) in [6.07, 6.45) is 11.4. The predicted octanol–water partition coefficient (Wildman–Crippen LogP) is 1.79. The maximum Gasteiger partial charge on any atom is 0.245 e. The van der Waals surface area contributed by atoms with Gasteiger partial charge in [0.05, 0.1) is 12.6 Å². The number of hydrogen-bond donors (Lipinski definition) is 16. The minimum atomic E-state index is -1.64. The summed E-state index contributed by atoms with van der Waals surface area (Å²) in [6.45, 7) is 21.9. The molecule has 21 N–H and O–H groups in total. The number of carbonyl (C=O) groups excluding carboxylic acids is 11. The van der Waals surface area contributed by atoms with Crippen molar-refractivity contribution in [3.63, 3.8) is 0 Å². The van der Waals surface area contributed by atoms with E-state index in [2.05, 4.69) is 65.1 Å². The van der Waals surface area contributed by atoms with E-state index < -0.39 is 125 Å². The third-order valence-corrected chi connectivity index (χ3v) is 16.0. The molecule has 0 aromatic rings. The zero-order valence-corrected chi connectivity index (χ0v) is 59.0. The first kappa shape index (κ1) is 87.3. The maximum absolute atomic E-state index is 14.7. The molecule has 0 aliphatic heterocycles. The summed E-state index contributed by atoms with van der Waals surface area (Å²) in [7, 11) is 0. The number of carbonyl (C=O) groups is 11. The molecule has 0 aromatic carbocycles. The van der Waals surface area contributed by atoms with Crippen molar-refractivity contribution in [2.75, 3.05) is 26.2 Å². The molecule has 0 fully saturated rings. The van der Waals surface area contributed by atoms with Crippen molar-refractivity contribution >= 4 is 70.9 Å². The van der Waals surface area contributed by atoms with Crippen molar-refractivity contribution in [3.8, 4) is 0 Å². The van der Waals surface area contributed by atoms with Crippen LogP contribution in [0.4, 0.5) is 0 Å². The van der Waals surface area contributed by atoms with Gasteiger partial charge < -0.3 is 86.9 Å². The topological polar surface area (TPSA) is 471 Å². The number of nitrogens with two attached hydrogens (primary N) is 5. The molecule has 0 heterocycles. The summed E-state index contributed by atoms with van der Waals surface area (Å²) in [5, 5.41) is 37.9. The van der Waals surface area contributed by atoms with E-state index in [9.17, 15) is 57.8 Å². The second-order valence-corrected chi connectivity index (χ2v) is 26.9. The van der Waals surface area contributed by atoms with E-state index in [1.165, 1.54) is 39.0 Å². The van der Waals surface area contributed by atoms with Gasteiger partial charge in [-0.1, -0.05) is 134 Å².